The van der Waals surface area contributed by atoms with E-state index in [2.05, 4.69) is 0 Å². The Morgan fingerprint density at radius 3 is 3.00 bits per heavy atom. The van der Waals surface area contributed by atoms with Crippen LogP contribution >= 0.6 is 0 Å². The van der Waals surface area contributed by atoms with Gasteiger partial charge in [-0.1, -0.05) is 6.92 Å². The minimum atomic E-state index is -0.537. The van der Waals surface area contributed by atoms with Crippen molar-refractivity contribution in [2.75, 3.05) is 0 Å². The number of carbonyl (C=O) groups excluding carboxylic acids is 1. The number of aryl methyl sites for hydroxylation is 1. The van der Waals surface area contributed by atoms with Crippen molar-refractivity contribution < 1.29 is 9.21 Å². The summed E-state index contributed by atoms with van der Waals surface area (Å²) in [6, 6.07) is 0. The Balaban J connectivity index is 2.58. The van der Waals surface area contributed by atoms with E-state index < -0.39 is 11.2 Å². The lowest BCUT2D eigenvalue weighted by Crippen LogP contribution is -2.25. The number of Topliss-reactive ketones (excluding diaryl/α,β-unsaturated/α-hetero) is 1. The van der Waals surface area contributed by atoms with Crippen LogP contribution in [0.4, 0.5) is 0 Å². The van der Waals surface area contributed by atoms with Gasteiger partial charge in [0.15, 0.2) is 5.76 Å². The molecule has 0 aliphatic heterocycles. The maximum absolute atomic E-state index is 11.1. The first-order valence-corrected chi connectivity index (χ1v) is 4.72. The van der Waals surface area contributed by atoms with Crippen molar-refractivity contribution in [3.8, 4) is 0 Å². The summed E-state index contributed by atoms with van der Waals surface area (Å²) in [7, 11) is 0. The van der Waals surface area contributed by atoms with Crippen LogP contribution in [0.1, 0.15) is 41.4 Å². The third-order valence-corrected chi connectivity index (χ3v) is 2.80. The molecule has 1 aliphatic carbocycles. The predicted octanol–water partition coefficient (Wildman–Crippen LogP) is 2.48. The standard InChI is InChI=1S/C12H12O2/c1-8(13)11-10-9(7-14-11)5-4-6-12(10,2)3/h1-2,7H,4-6H2,3H3. The van der Waals surface area contributed by atoms with Gasteiger partial charge in [-0.25, -0.2) is 0 Å². The van der Waals surface area contributed by atoms with Crippen molar-refractivity contribution in [2.24, 2.45) is 0 Å². The molecular weight excluding hydrogens is 176 g/mol. The van der Waals surface area contributed by atoms with Gasteiger partial charge in [-0.15, -0.1) is 0 Å². The molecule has 72 valence electrons. The predicted molar refractivity (Wildman–Crippen MR) is 51.9 cm³/mol. The Morgan fingerprint density at radius 1 is 1.64 bits per heavy atom. The van der Waals surface area contributed by atoms with Crippen molar-refractivity contribution >= 4 is 5.78 Å². The van der Waals surface area contributed by atoms with Gasteiger partial charge in [-0.3, -0.25) is 4.79 Å². The highest BCUT2D eigenvalue weighted by atomic mass is 16.3. The van der Waals surface area contributed by atoms with Crippen molar-refractivity contribution in [3.63, 3.8) is 0 Å². The summed E-state index contributed by atoms with van der Waals surface area (Å²) >= 11 is 0. The molecule has 1 unspecified atom stereocenters. The van der Waals surface area contributed by atoms with Crippen LogP contribution < -0.4 is 0 Å². The van der Waals surface area contributed by atoms with Gasteiger partial charge < -0.3 is 4.42 Å². The number of ketones is 1. The first-order valence-electron chi connectivity index (χ1n) is 4.72. The Labute approximate surface area is 84.3 Å². The molecule has 1 heterocycles. The van der Waals surface area contributed by atoms with Gasteiger partial charge >= 0.3 is 0 Å². The average molecular weight is 188 g/mol. The molecule has 0 fully saturated rings. The molecule has 0 aromatic carbocycles. The number of hydrogen-bond donors (Lipinski definition) is 0. The molecule has 0 bridgehead atoms. The Kier molecular flexibility index (Phi) is 2.02. The van der Waals surface area contributed by atoms with Crippen LogP contribution in [-0.4, -0.2) is 5.78 Å². The monoisotopic (exact) mass is 188 g/mol. The van der Waals surface area contributed by atoms with Crippen LogP contribution in [0.2, 0.25) is 0 Å². The number of rotatable bonds is 1. The lowest BCUT2D eigenvalue weighted by Gasteiger charge is -2.29. The molecule has 2 heteroatoms. The summed E-state index contributed by atoms with van der Waals surface area (Å²) in [5.74, 6) is -0.311. The zero-order valence-corrected chi connectivity index (χ0v) is 8.17. The Hall–Kier alpha value is -1.05. The topological polar surface area (TPSA) is 30.2 Å². The summed E-state index contributed by atoms with van der Waals surface area (Å²) in [6.45, 7) is 13.2. The van der Waals surface area contributed by atoms with E-state index in [0.29, 0.717) is 0 Å². The van der Waals surface area contributed by atoms with Gasteiger partial charge in [0.2, 0.25) is 5.78 Å². The van der Waals surface area contributed by atoms with Crippen molar-refractivity contribution in [2.45, 2.75) is 31.6 Å². The van der Waals surface area contributed by atoms with E-state index >= 15 is 0 Å². The number of fused-ring (bicyclic) bond motifs is 1. The van der Waals surface area contributed by atoms with E-state index in [-0.39, 0.29) is 5.76 Å². The molecule has 2 rings (SSSR count). The Bertz CT molecular complexity index is 372. The van der Waals surface area contributed by atoms with E-state index in [1.807, 2.05) is 6.92 Å². The fourth-order valence-electron chi connectivity index (χ4n) is 2.16. The molecule has 2 nitrogen and oxygen atoms in total. The second-order valence-electron chi connectivity index (χ2n) is 4.10. The fourth-order valence-corrected chi connectivity index (χ4v) is 2.16. The van der Waals surface area contributed by atoms with E-state index in [9.17, 15) is 4.79 Å². The Morgan fingerprint density at radius 2 is 2.36 bits per heavy atom. The van der Waals surface area contributed by atoms with Crippen LogP contribution in [0.25, 0.3) is 0 Å². The molecule has 4 radical (unpaired) electrons. The van der Waals surface area contributed by atoms with E-state index in [4.69, 9.17) is 18.3 Å². The molecular formula is C12H12O2. The zero-order chi connectivity index (χ0) is 10.3. The third-order valence-electron chi connectivity index (χ3n) is 2.80. The minimum Gasteiger partial charge on any atom is -0.461 e. The molecule has 1 aliphatic rings. The SMILES string of the molecule is [CH]C(=O)c1occ2c1C([CH])(C)CCC2. The quantitative estimate of drug-likeness (QED) is 0.634. The van der Waals surface area contributed by atoms with Gasteiger partial charge in [-0.2, -0.15) is 0 Å². The third kappa shape index (κ3) is 1.29. The van der Waals surface area contributed by atoms with Crippen molar-refractivity contribution in [1.82, 2.24) is 0 Å². The van der Waals surface area contributed by atoms with Crippen molar-refractivity contribution in [1.29, 1.82) is 0 Å². The summed E-state index contributed by atoms with van der Waals surface area (Å²) in [5, 5.41) is 0. The summed E-state index contributed by atoms with van der Waals surface area (Å²) < 4.78 is 5.16. The van der Waals surface area contributed by atoms with Gasteiger partial charge in [0.1, 0.15) is 0 Å². The molecule has 0 amide bonds. The van der Waals surface area contributed by atoms with Gasteiger partial charge in [0.25, 0.3) is 0 Å². The molecule has 1 aromatic rings. The van der Waals surface area contributed by atoms with Crippen LogP contribution in [0, 0.1) is 13.8 Å². The second kappa shape index (κ2) is 2.97. The molecule has 0 spiro atoms. The number of hydrogen-bond acceptors (Lipinski definition) is 2. The molecule has 14 heavy (non-hydrogen) atoms. The maximum atomic E-state index is 11.1. The van der Waals surface area contributed by atoms with Crippen LogP contribution in [0.15, 0.2) is 10.7 Å². The smallest absolute Gasteiger partial charge is 0.202 e. The maximum Gasteiger partial charge on any atom is 0.202 e. The van der Waals surface area contributed by atoms with Gasteiger partial charge in [0, 0.05) is 17.9 Å². The number of furan rings is 1. The lowest BCUT2D eigenvalue weighted by molar-refractivity contribution is 0.101. The van der Waals surface area contributed by atoms with Gasteiger partial charge in [-0.05, 0) is 31.7 Å². The van der Waals surface area contributed by atoms with E-state index in [1.54, 1.807) is 6.26 Å². The van der Waals surface area contributed by atoms with E-state index in [0.717, 1.165) is 30.4 Å². The summed E-state index contributed by atoms with van der Waals surface area (Å²) in [6.07, 6.45) is 4.40. The van der Waals surface area contributed by atoms with Crippen molar-refractivity contribution in [3.05, 3.63) is 37.0 Å². The minimum absolute atomic E-state index is 0.227. The van der Waals surface area contributed by atoms with Crippen LogP contribution in [0.3, 0.4) is 0 Å². The molecule has 0 N–H and O–H groups in total. The largest absolute Gasteiger partial charge is 0.461 e. The summed E-state index contributed by atoms with van der Waals surface area (Å²) in [5.41, 5.74) is 1.34. The average Bonchev–Trinajstić information content (AvgIpc) is 2.48. The fraction of sp³-hybridized carbons (Fsp3) is 0.417. The van der Waals surface area contributed by atoms with Crippen LogP contribution in [-0.2, 0) is 11.8 Å². The lowest BCUT2D eigenvalue weighted by atomic mass is 9.73. The van der Waals surface area contributed by atoms with Gasteiger partial charge in [0.05, 0.1) is 6.26 Å². The second-order valence-corrected chi connectivity index (χ2v) is 4.10. The molecule has 1 atom stereocenters. The highest BCUT2D eigenvalue weighted by Crippen LogP contribution is 2.39. The van der Waals surface area contributed by atoms with E-state index in [1.165, 1.54) is 0 Å². The van der Waals surface area contributed by atoms with Crippen LogP contribution in [0.5, 0.6) is 0 Å². The highest BCUT2D eigenvalue weighted by molar-refractivity contribution is 5.98. The zero-order valence-electron chi connectivity index (χ0n) is 8.17. The molecule has 1 aromatic heterocycles. The molecule has 0 saturated carbocycles. The highest BCUT2D eigenvalue weighted by Gasteiger charge is 2.33. The molecule has 0 saturated heterocycles. The normalized spacial score (nSPS) is 19.1. The first-order chi connectivity index (χ1) is 6.52. The summed E-state index contributed by atoms with van der Waals surface area (Å²) in [4.78, 5) is 11.1. The number of carbonyl (C=O) groups is 1. The first kappa shape index (κ1) is 9.50.